The van der Waals surface area contributed by atoms with Gasteiger partial charge in [0.25, 0.3) is 10.0 Å². The van der Waals surface area contributed by atoms with Crippen molar-refractivity contribution < 1.29 is 8.42 Å². The van der Waals surface area contributed by atoms with Gasteiger partial charge in [-0.1, -0.05) is 29.5 Å². The molecule has 0 unspecified atom stereocenters. The van der Waals surface area contributed by atoms with E-state index in [1.54, 1.807) is 22.0 Å². The van der Waals surface area contributed by atoms with Crippen molar-refractivity contribution in [1.29, 1.82) is 0 Å². The first-order valence-corrected chi connectivity index (χ1v) is 9.49. The van der Waals surface area contributed by atoms with Crippen molar-refractivity contribution in [2.45, 2.75) is 11.3 Å². The Kier molecular flexibility index (Phi) is 2.89. The Balaban J connectivity index is 2.00. The van der Waals surface area contributed by atoms with Crippen LogP contribution in [-0.2, 0) is 10.0 Å². The number of hydrogen-bond donors (Lipinski definition) is 1. The molecule has 4 aromatic rings. The number of primary sulfonamides is 1. The minimum absolute atomic E-state index is 0.129. The van der Waals surface area contributed by atoms with E-state index in [1.165, 1.54) is 10.1 Å². The molecule has 0 bridgehead atoms. The molecule has 0 fully saturated rings. The molecular weight excluding hydrogens is 340 g/mol. The topological polar surface area (TPSA) is 90.3 Å². The lowest BCUT2D eigenvalue weighted by Gasteiger charge is -1.96. The van der Waals surface area contributed by atoms with E-state index in [0.29, 0.717) is 4.96 Å². The molecule has 1 aromatic carbocycles. The molecule has 4 rings (SSSR count). The summed E-state index contributed by atoms with van der Waals surface area (Å²) >= 11 is 2.60. The number of aromatic nitrogens is 3. The van der Waals surface area contributed by atoms with Crippen LogP contribution >= 0.6 is 22.7 Å². The molecule has 0 aliphatic heterocycles. The van der Waals surface area contributed by atoms with Crippen LogP contribution in [0, 0.1) is 6.92 Å². The summed E-state index contributed by atoms with van der Waals surface area (Å²) in [6.45, 7) is 2.04. The Morgan fingerprint density at radius 3 is 2.73 bits per heavy atom. The molecule has 0 amide bonds. The molecule has 0 spiro atoms. The van der Waals surface area contributed by atoms with Crippen LogP contribution in [0.2, 0.25) is 0 Å². The zero-order valence-corrected chi connectivity index (χ0v) is 13.8. The van der Waals surface area contributed by atoms with E-state index in [-0.39, 0.29) is 4.34 Å². The van der Waals surface area contributed by atoms with Crippen molar-refractivity contribution in [3.63, 3.8) is 0 Å². The van der Waals surface area contributed by atoms with Gasteiger partial charge in [-0.25, -0.2) is 23.1 Å². The molecule has 0 radical (unpaired) electrons. The summed E-state index contributed by atoms with van der Waals surface area (Å²) in [7, 11) is -3.82. The van der Waals surface area contributed by atoms with Gasteiger partial charge in [-0.2, -0.15) is 0 Å². The van der Waals surface area contributed by atoms with E-state index < -0.39 is 10.0 Å². The predicted molar refractivity (Wildman–Crippen MR) is 87.8 cm³/mol. The summed E-state index contributed by atoms with van der Waals surface area (Å²) in [5.74, 6) is 0. The van der Waals surface area contributed by atoms with Crippen LogP contribution in [0.25, 0.3) is 25.6 Å². The van der Waals surface area contributed by atoms with Gasteiger partial charge in [0.05, 0.1) is 11.1 Å². The third kappa shape index (κ3) is 1.97. The van der Waals surface area contributed by atoms with Gasteiger partial charge in [0, 0.05) is 4.70 Å². The van der Waals surface area contributed by atoms with Crippen LogP contribution in [0.5, 0.6) is 0 Å². The number of benzene rings is 1. The van der Waals surface area contributed by atoms with Gasteiger partial charge < -0.3 is 0 Å². The molecule has 112 valence electrons. The molecule has 3 heterocycles. The second kappa shape index (κ2) is 4.59. The first kappa shape index (κ1) is 13.8. The normalized spacial score (nSPS) is 12.5. The number of rotatable bonds is 2. The fraction of sp³-hybridized carbons (Fsp3) is 0.0769. The summed E-state index contributed by atoms with van der Waals surface area (Å²) < 4.78 is 25.5. The Bertz CT molecular complexity index is 1120. The highest BCUT2D eigenvalue weighted by atomic mass is 32.2. The van der Waals surface area contributed by atoms with Gasteiger partial charge >= 0.3 is 0 Å². The Morgan fingerprint density at radius 2 is 2.00 bits per heavy atom. The maximum absolute atomic E-state index is 11.4. The minimum Gasteiger partial charge on any atom is -0.225 e. The molecule has 6 nitrogen and oxygen atoms in total. The lowest BCUT2D eigenvalue weighted by atomic mass is 10.1. The van der Waals surface area contributed by atoms with Crippen LogP contribution in [-0.4, -0.2) is 23.0 Å². The van der Waals surface area contributed by atoms with Gasteiger partial charge in [0.1, 0.15) is 5.69 Å². The highest BCUT2D eigenvalue weighted by Gasteiger charge is 2.20. The molecule has 0 saturated heterocycles. The number of fused-ring (bicyclic) bond motifs is 2. The largest absolute Gasteiger partial charge is 0.267 e. The zero-order chi connectivity index (χ0) is 15.5. The quantitative estimate of drug-likeness (QED) is 0.602. The molecule has 2 N–H and O–H groups in total. The summed E-state index contributed by atoms with van der Waals surface area (Å²) in [4.78, 5) is 5.78. The number of thiophene rings is 1. The number of aryl methyl sites for hydroxylation is 1. The predicted octanol–water partition coefficient (Wildman–Crippen LogP) is 2.63. The fourth-order valence-corrected chi connectivity index (χ4v) is 5.06. The van der Waals surface area contributed by atoms with Crippen molar-refractivity contribution in [2.75, 3.05) is 0 Å². The Labute approximate surface area is 133 Å². The third-order valence-corrected chi connectivity index (χ3v) is 6.91. The summed E-state index contributed by atoms with van der Waals surface area (Å²) in [6, 6.07) is 8.13. The van der Waals surface area contributed by atoms with Crippen molar-refractivity contribution in [2.24, 2.45) is 5.14 Å². The monoisotopic (exact) mass is 350 g/mol. The number of imidazole rings is 1. The Hall–Kier alpha value is -1.81. The van der Waals surface area contributed by atoms with Crippen LogP contribution in [0.15, 0.2) is 34.8 Å². The SMILES string of the molecule is Cc1c(-c2cnc3sc(S(N)(=O)=O)nn23)sc2ccccc12. The molecule has 0 aliphatic carbocycles. The maximum atomic E-state index is 11.4. The second-order valence-corrected chi connectivity index (χ2v) is 8.55. The lowest BCUT2D eigenvalue weighted by Crippen LogP contribution is -2.12. The van der Waals surface area contributed by atoms with Crippen molar-refractivity contribution >= 4 is 47.7 Å². The standard InChI is InChI=1S/C13H10N4O2S3/c1-7-8-4-2-3-5-10(8)20-11(7)9-6-15-12-17(9)16-13(21-12)22(14,18)19/h2-6H,1H3,(H2,14,18,19). The molecule has 3 aromatic heterocycles. The highest BCUT2D eigenvalue weighted by molar-refractivity contribution is 7.91. The van der Waals surface area contributed by atoms with E-state index in [2.05, 4.69) is 22.2 Å². The van der Waals surface area contributed by atoms with Crippen LogP contribution < -0.4 is 5.14 Å². The zero-order valence-electron chi connectivity index (χ0n) is 11.3. The van der Waals surface area contributed by atoms with Gasteiger partial charge in [-0.15, -0.1) is 16.4 Å². The molecule has 0 saturated carbocycles. The van der Waals surface area contributed by atoms with E-state index in [0.717, 1.165) is 27.5 Å². The number of nitrogens with two attached hydrogens (primary N) is 1. The average molecular weight is 350 g/mol. The molecule has 0 atom stereocenters. The van der Waals surface area contributed by atoms with E-state index in [1.807, 2.05) is 19.1 Å². The minimum atomic E-state index is -3.82. The van der Waals surface area contributed by atoms with E-state index >= 15 is 0 Å². The third-order valence-electron chi connectivity index (χ3n) is 3.39. The van der Waals surface area contributed by atoms with Gasteiger partial charge in [-0.05, 0) is 23.9 Å². The summed E-state index contributed by atoms with van der Waals surface area (Å²) in [5.41, 5.74) is 1.91. The van der Waals surface area contributed by atoms with E-state index in [4.69, 9.17) is 5.14 Å². The molecular formula is C13H10N4O2S3. The maximum Gasteiger partial charge on any atom is 0.267 e. The first-order chi connectivity index (χ1) is 10.4. The highest BCUT2D eigenvalue weighted by Crippen LogP contribution is 2.38. The van der Waals surface area contributed by atoms with Gasteiger partial charge in [0.15, 0.2) is 0 Å². The fourth-order valence-electron chi connectivity index (χ4n) is 2.36. The van der Waals surface area contributed by atoms with Crippen molar-refractivity contribution in [1.82, 2.24) is 14.6 Å². The van der Waals surface area contributed by atoms with Gasteiger partial charge in [-0.3, -0.25) is 0 Å². The second-order valence-electron chi connectivity index (χ2n) is 4.80. The Morgan fingerprint density at radius 1 is 1.23 bits per heavy atom. The molecule has 22 heavy (non-hydrogen) atoms. The van der Waals surface area contributed by atoms with Crippen LogP contribution in [0.3, 0.4) is 0 Å². The number of sulfonamides is 1. The number of nitrogens with zero attached hydrogens (tertiary/aromatic N) is 3. The first-order valence-electron chi connectivity index (χ1n) is 6.31. The van der Waals surface area contributed by atoms with Gasteiger partial charge in [0.2, 0.25) is 9.30 Å². The smallest absolute Gasteiger partial charge is 0.225 e. The molecule has 0 aliphatic rings. The van der Waals surface area contributed by atoms with Crippen molar-refractivity contribution in [3.8, 4) is 10.6 Å². The van der Waals surface area contributed by atoms with Crippen LogP contribution in [0.1, 0.15) is 5.56 Å². The molecule has 9 heteroatoms. The average Bonchev–Trinajstić information content (AvgIpc) is 3.11. The van der Waals surface area contributed by atoms with Crippen LogP contribution in [0.4, 0.5) is 0 Å². The lowest BCUT2D eigenvalue weighted by molar-refractivity contribution is 0.595. The van der Waals surface area contributed by atoms with E-state index in [9.17, 15) is 8.42 Å². The summed E-state index contributed by atoms with van der Waals surface area (Å²) in [6.07, 6.45) is 1.71. The summed E-state index contributed by atoms with van der Waals surface area (Å²) in [5, 5.41) is 10.4. The number of hydrogen-bond acceptors (Lipinski definition) is 6. The van der Waals surface area contributed by atoms with Crippen molar-refractivity contribution in [3.05, 3.63) is 36.0 Å².